The van der Waals surface area contributed by atoms with Gasteiger partial charge in [0.2, 0.25) is 0 Å². The van der Waals surface area contributed by atoms with Crippen LogP contribution in [0.4, 0.5) is 0 Å². The Hall–Kier alpha value is -1.60. The molecule has 92 valence electrons. The first kappa shape index (κ1) is 11.5. The van der Waals surface area contributed by atoms with E-state index in [1.807, 2.05) is 0 Å². The van der Waals surface area contributed by atoms with Crippen LogP contribution >= 0.6 is 0 Å². The molecule has 2 aromatic carbocycles. The van der Waals surface area contributed by atoms with Crippen molar-refractivity contribution in [2.45, 2.75) is 24.8 Å². The zero-order chi connectivity index (χ0) is 12.4. The molecule has 1 aliphatic carbocycles. The third-order valence-corrected chi connectivity index (χ3v) is 3.99. The van der Waals surface area contributed by atoms with Crippen molar-refractivity contribution in [1.82, 2.24) is 5.32 Å². The van der Waals surface area contributed by atoms with Crippen LogP contribution in [-0.2, 0) is 6.42 Å². The first-order valence-corrected chi connectivity index (χ1v) is 6.65. The van der Waals surface area contributed by atoms with Crippen molar-refractivity contribution in [2.24, 2.45) is 0 Å². The van der Waals surface area contributed by atoms with Crippen molar-refractivity contribution in [3.8, 4) is 11.1 Å². The second-order valence-electron chi connectivity index (χ2n) is 5.27. The Balaban J connectivity index is 1.77. The molecule has 0 unspecified atom stereocenters. The van der Waals surface area contributed by atoms with Gasteiger partial charge in [0.25, 0.3) is 0 Å². The molecule has 0 saturated heterocycles. The van der Waals surface area contributed by atoms with E-state index >= 15 is 0 Å². The van der Waals surface area contributed by atoms with E-state index in [9.17, 15) is 0 Å². The number of hydrogen-bond donors (Lipinski definition) is 1. The molecule has 1 aliphatic rings. The number of nitrogens with one attached hydrogen (secondary N) is 1. The normalized spacial score (nSPS) is 16.5. The standard InChI is InChI=1S/C17H19N/c1-18-17(11-12-17)13-14-7-9-16(10-8-14)15-5-3-2-4-6-15/h2-10,18H,11-13H2,1H3. The number of hydrogen-bond acceptors (Lipinski definition) is 1. The fourth-order valence-corrected chi connectivity index (χ4v) is 2.50. The quantitative estimate of drug-likeness (QED) is 0.856. The van der Waals surface area contributed by atoms with Gasteiger partial charge in [-0.15, -0.1) is 0 Å². The number of benzene rings is 2. The summed E-state index contributed by atoms with van der Waals surface area (Å²) < 4.78 is 0. The molecule has 0 spiro atoms. The minimum absolute atomic E-state index is 0.397. The van der Waals surface area contributed by atoms with Crippen molar-refractivity contribution in [3.63, 3.8) is 0 Å². The van der Waals surface area contributed by atoms with Crippen LogP contribution in [0.3, 0.4) is 0 Å². The Kier molecular flexibility index (Phi) is 2.92. The van der Waals surface area contributed by atoms with E-state index in [0.29, 0.717) is 5.54 Å². The van der Waals surface area contributed by atoms with Gasteiger partial charge in [0.05, 0.1) is 0 Å². The maximum Gasteiger partial charge on any atom is 0.0220 e. The molecule has 1 N–H and O–H groups in total. The average molecular weight is 237 g/mol. The van der Waals surface area contributed by atoms with Crippen molar-refractivity contribution >= 4 is 0 Å². The molecule has 1 fully saturated rings. The van der Waals surface area contributed by atoms with Gasteiger partial charge in [0, 0.05) is 5.54 Å². The van der Waals surface area contributed by atoms with Crippen LogP contribution in [0.25, 0.3) is 11.1 Å². The molecular formula is C17H19N. The molecule has 0 bridgehead atoms. The predicted octanol–water partition coefficient (Wildman–Crippen LogP) is 3.65. The maximum absolute atomic E-state index is 3.45. The van der Waals surface area contributed by atoms with Gasteiger partial charge in [-0.1, -0.05) is 54.6 Å². The summed E-state index contributed by atoms with van der Waals surface area (Å²) in [4.78, 5) is 0. The summed E-state index contributed by atoms with van der Waals surface area (Å²) in [5.74, 6) is 0. The highest BCUT2D eigenvalue weighted by Crippen LogP contribution is 2.38. The highest BCUT2D eigenvalue weighted by molar-refractivity contribution is 5.63. The van der Waals surface area contributed by atoms with Gasteiger partial charge in [0.15, 0.2) is 0 Å². The van der Waals surface area contributed by atoms with E-state index < -0.39 is 0 Å². The summed E-state index contributed by atoms with van der Waals surface area (Å²) in [5, 5.41) is 3.45. The molecule has 0 radical (unpaired) electrons. The minimum Gasteiger partial charge on any atom is -0.314 e. The van der Waals surface area contributed by atoms with Gasteiger partial charge in [-0.2, -0.15) is 0 Å². The topological polar surface area (TPSA) is 12.0 Å². The monoisotopic (exact) mass is 237 g/mol. The van der Waals surface area contributed by atoms with Gasteiger partial charge < -0.3 is 5.32 Å². The lowest BCUT2D eigenvalue weighted by Gasteiger charge is -2.14. The van der Waals surface area contributed by atoms with Crippen molar-refractivity contribution in [1.29, 1.82) is 0 Å². The van der Waals surface area contributed by atoms with E-state index in [4.69, 9.17) is 0 Å². The zero-order valence-electron chi connectivity index (χ0n) is 10.8. The smallest absolute Gasteiger partial charge is 0.0220 e. The van der Waals surface area contributed by atoms with Crippen LogP contribution in [0.5, 0.6) is 0 Å². The fourth-order valence-electron chi connectivity index (χ4n) is 2.50. The SMILES string of the molecule is CNC1(Cc2ccc(-c3ccccc3)cc2)CC1. The summed E-state index contributed by atoms with van der Waals surface area (Å²) in [7, 11) is 2.07. The summed E-state index contributed by atoms with van der Waals surface area (Å²) >= 11 is 0. The van der Waals surface area contributed by atoms with E-state index in [0.717, 1.165) is 6.42 Å². The Morgan fingerprint density at radius 3 is 2.06 bits per heavy atom. The molecular weight excluding hydrogens is 218 g/mol. The lowest BCUT2D eigenvalue weighted by atomic mass is 10.00. The van der Waals surface area contributed by atoms with E-state index in [1.165, 1.54) is 29.5 Å². The largest absolute Gasteiger partial charge is 0.314 e. The maximum atomic E-state index is 3.45. The van der Waals surface area contributed by atoms with Gasteiger partial charge in [-0.3, -0.25) is 0 Å². The third-order valence-electron chi connectivity index (χ3n) is 3.99. The van der Waals surface area contributed by atoms with E-state index in [1.54, 1.807) is 0 Å². The molecule has 1 saturated carbocycles. The van der Waals surface area contributed by atoms with Crippen molar-refractivity contribution in [2.75, 3.05) is 7.05 Å². The predicted molar refractivity (Wildman–Crippen MR) is 76.6 cm³/mol. The fraction of sp³-hybridized carbons (Fsp3) is 0.294. The summed E-state index contributed by atoms with van der Waals surface area (Å²) in [5.41, 5.74) is 4.42. The van der Waals surface area contributed by atoms with Crippen LogP contribution in [0.1, 0.15) is 18.4 Å². The van der Waals surface area contributed by atoms with Gasteiger partial charge >= 0.3 is 0 Å². The molecule has 2 aromatic rings. The van der Waals surface area contributed by atoms with Crippen LogP contribution < -0.4 is 5.32 Å². The second kappa shape index (κ2) is 4.58. The van der Waals surface area contributed by atoms with Crippen molar-refractivity contribution < 1.29 is 0 Å². The van der Waals surface area contributed by atoms with Crippen LogP contribution in [0.15, 0.2) is 54.6 Å². The average Bonchev–Trinajstić information content (AvgIpc) is 3.21. The van der Waals surface area contributed by atoms with E-state index in [-0.39, 0.29) is 0 Å². The minimum atomic E-state index is 0.397. The first-order chi connectivity index (χ1) is 8.81. The molecule has 3 rings (SSSR count). The molecule has 1 heteroatoms. The van der Waals surface area contributed by atoms with Crippen LogP contribution in [0, 0.1) is 0 Å². The number of rotatable bonds is 4. The lowest BCUT2D eigenvalue weighted by molar-refractivity contribution is 0.549. The van der Waals surface area contributed by atoms with E-state index in [2.05, 4.69) is 67.0 Å². The van der Waals surface area contributed by atoms with Crippen molar-refractivity contribution in [3.05, 3.63) is 60.2 Å². The molecule has 0 aliphatic heterocycles. The molecule has 0 atom stereocenters. The third kappa shape index (κ3) is 2.32. The van der Waals surface area contributed by atoms with Gasteiger partial charge in [-0.25, -0.2) is 0 Å². The second-order valence-corrected chi connectivity index (χ2v) is 5.27. The Morgan fingerprint density at radius 1 is 0.889 bits per heavy atom. The Bertz CT molecular complexity index is 509. The molecule has 1 nitrogen and oxygen atoms in total. The molecule has 18 heavy (non-hydrogen) atoms. The molecule has 0 aromatic heterocycles. The molecule has 0 amide bonds. The molecule has 0 heterocycles. The Labute approximate surface area is 109 Å². The summed E-state index contributed by atoms with van der Waals surface area (Å²) in [6.07, 6.45) is 3.77. The highest BCUT2D eigenvalue weighted by atomic mass is 15.0. The summed E-state index contributed by atoms with van der Waals surface area (Å²) in [6, 6.07) is 19.5. The van der Waals surface area contributed by atoms with Gasteiger partial charge in [-0.05, 0) is 43.0 Å². The summed E-state index contributed by atoms with van der Waals surface area (Å²) in [6.45, 7) is 0. The van der Waals surface area contributed by atoms with Crippen LogP contribution in [0.2, 0.25) is 0 Å². The van der Waals surface area contributed by atoms with Gasteiger partial charge in [0.1, 0.15) is 0 Å². The van der Waals surface area contributed by atoms with Crippen LogP contribution in [-0.4, -0.2) is 12.6 Å². The zero-order valence-corrected chi connectivity index (χ0v) is 10.8. The Morgan fingerprint density at radius 2 is 1.50 bits per heavy atom. The number of likely N-dealkylation sites (N-methyl/N-ethyl adjacent to an activating group) is 1. The lowest BCUT2D eigenvalue weighted by Crippen LogP contribution is -2.29. The first-order valence-electron chi connectivity index (χ1n) is 6.65. The highest BCUT2D eigenvalue weighted by Gasteiger charge is 2.40.